The fourth-order valence-corrected chi connectivity index (χ4v) is 17.0. The summed E-state index contributed by atoms with van der Waals surface area (Å²) in [6.07, 6.45) is 2.06. The van der Waals surface area contributed by atoms with E-state index < -0.39 is 121 Å². The highest BCUT2D eigenvalue weighted by Crippen LogP contribution is 2.63. The Kier molecular flexibility index (Phi) is 13.3. The van der Waals surface area contributed by atoms with Gasteiger partial charge in [0.05, 0.1) is 24.8 Å². The third-order valence-corrected chi connectivity index (χ3v) is 21.2. The lowest BCUT2D eigenvalue weighted by Crippen LogP contribution is -2.70. The van der Waals surface area contributed by atoms with Crippen LogP contribution in [-0.2, 0) is 91.1 Å². The fraction of sp³-hybridized carbons (Fsp3) is 0.927. The molecule has 12 aliphatic heterocycles. The van der Waals surface area contributed by atoms with Gasteiger partial charge < -0.3 is 47.9 Å². The number of amides is 1. The minimum absolute atomic E-state index is 0.0778. The van der Waals surface area contributed by atoms with Crippen molar-refractivity contribution in [2.75, 3.05) is 0 Å². The smallest absolute Gasteiger partial charge is 0.310 e. The van der Waals surface area contributed by atoms with Crippen LogP contribution in [-0.4, -0.2) is 101 Å². The second-order valence-corrected chi connectivity index (χ2v) is 26.2. The number of rotatable bonds is 10. The van der Waals surface area contributed by atoms with E-state index in [-0.39, 0.29) is 47.3 Å². The standard InChI is InChI=1S/C55H81NO19/c1-27-11-14-37-30(4)43(64-46-53(37)23-34(27)17-20-49(8,67-46)70-73-53)61-40(58)24-52(56-33(7)57,25-41(59)62-44-31(5)38-15-12-28(2)35-18-21-50(9)68-47(65-44)54(35,38)74-71-50)26-42(60)63-45-32(6)39-16-13-29(3)36-19-22-51(10)69-48(66-45)55(36,39)75-72-51/h27-32,34-39,43-48H,11-26H2,1-10H3,(H,56,57)/t27-,28-,29-,30-,31-,32-,34-,35+,36+,37+,38+,39+,43?,44?,45?,46-,47-,48-,49+,50-,51+,52?,53-,54-,55-/m1/s1. The molecular weight excluding hydrogens is 979 g/mol. The number of hydrogen-bond acceptors (Lipinski definition) is 19. The van der Waals surface area contributed by atoms with Crippen LogP contribution in [0.2, 0.25) is 0 Å². The molecule has 0 aromatic heterocycles. The van der Waals surface area contributed by atoms with Gasteiger partial charge in [-0.05, 0) is 114 Å². The quantitative estimate of drug-likeness (QED) is 0.126. The lowest BCUT2D eigenvalue weighted by molar-refractivity contribution is -0.580. The molecule has 20 heteroatoms. The highest BCUT2D eigenvalue weighted by atomic mass is 17.3. The maximum atomic E-state index is 14.8. The first-order valence-electron chi connectivity index (χ1n) is 28.5. The van der Waals surface area contributed by atoms with Gasteiger partial charge in [0.2, 0.25) is 42.1 Å². The molecule has 3 spiro atoms. The van der Waals surface area contributed by atoms with Gasteiger partial charge >= 0.3 is 17.9 Å². The van der Waals surface area contributed by atoms with Gasteiger partial charge in [-0.25, -0.2) is 29.3 Å². The Bertz CT molecular complexity index is 2160. The first-order valence-corrected chi connectivity index (χ1v) is 28.5. The topological polar surface area (TPSA) is 219 Å². The summed E-state index contributed by atoms with van der Waals surface area (Å²) in [5, 5.41) is 2.85. The normalized spacial score (nSPS) is 52.9. The van der Waals surface area contributed by atoms with Gasteiger partial charge in [-0.15, -0.1) is 0 Å². The van der Waals surface area contributed by atoms with Crippen molar-refractivity contribution in [3.05, 3.63) is 0 Å². The lowest BCUT2D eigenvalue weighted by atomic mass is 9.58. The summed E-state index contributed by atoms with van der Waals surface area (Å²) in [4.78, 5) is 94.9. The summed E-state index contributed by atoms with van der Waals surface area (Å²) in [7, 11) is 0. The SMILES string of the molecule is CC(=O)NC(CC(=O)OC1O[C@@H]2O[C@]3(C)CC[C@@H]4C[C@@]2(OO3)[C@@H](CC[C@H]4C)[C@H]1C)(CC(=O)OC1O[C@@H]2O[C@@]3(C)CC[C@H]4[C@H](C)CC[C@@H]([C@H]1C)[C@@]24OO3)CC(=O)OC1O[C@@H]2O[C@]3(C)CC[C@H]4[C@H](C)CC[C@@H]([C@H]1C)[C@@]24OO3. The third kappa shape index (κ3) is 8.65. The van der Waals surface area contributed by atoms with E-state index in [1.54, 1.807) is 0 Å². The number of carbonyl (C=O) groups is 4. The van der Waals surface area contributed by atoms with Crippen molar-refractivity contribution in [3.8, 4) is 0 Å². The molecule has 20 nitrogen and oxygen atoms in total. The van der Waals surface area contributed by atoms with Crippen LogP contribution < -0.4 is 5.32 Å². The van der Waals surface area contributed by atoms with Crippen molar-refractivity contribution < 1.29 is 91.1 Å². The Hall–Kier alpha value is -2.60. The predicted octanol–water partition coefficient (Wildman–Crippen LogP) is 7.68. The molecule has 0 radical (unpaired) electrons. The number of hydrogen-bond donors (Lipinski definition) is 1. The summed E-state index contributed by atoms with van der Waals surface area (Å²) in [5.41, 5.74) is -4.70. The van der Waals surface area contributed by atoms with E-state index in [4.69, 9.17) is 72.0 Å². The molecule has 15 fully saturated rings. The monoisotopic (exact) mass is 1060 g/mol. The molecule has 12 saturated heterocycles. The largest absolute Gasteiger partial charge is 0.435 e. The second-order valence-electron chi connectivity index (χ2n) is 26.2. The Labute approximate surface area is 439 Å². The van der Waals surface area contributed by atoms with Crippen molar-refractivity contribution in [1.29, 1.82) is 0 Å². The van der Waals surface area contributed by atoms with E-state index in [1.807, 2.05) is 41.5 Å². The van der Waals surface area contributed by atoms with Gasteiger partial charge in [-0.2, -0.15) is 0 Å². The fourth-order valence-electron chi connectivity index (χ4n) is 17.0. The van der Waals surface area contributed by atoms with Crippen LogP contribution in [0.15, 0.2) is 0 Å². The van der Waals surface area contributed by atoms with Gasteiger partial charge in [0, 0.05) is 61.7 Å². The average Bonchev–Trinajstić information content (AvgIpc) is 3.94. The van der Waals surface area contributed by atoms with E-state index in [2.05, 4.69) is 26.1 Å². The molecule has 3 aliphatic carbocycles. The summed E-state index contributed by atoms with van der Waals surface area (Å²) < 4.78 is 58.4. The van der Waals surface area contributed by atoms with E-state index in [0.29, 0.717) is 49.4 Å². The van der Waals surface area contributed by atoms with Gasteiger partial charge in [0.1, 0.15) is 0 Å². The van der Waals surface area contributed by atoms with Crippen molar-refractivity contribution in [2.24, 2.45) is 71.0 Å². The van der Waals surface area contributed by atoms with Gasteiger partial charge in [-0.3, -0.25) is 19.2 Å². The summed E-state index contributed by atoms with van der Waals surface area (Å²) >= 11 is 0. The number of fused-ring (bicyclic) bond motifs is 6. The van der Waals surface area contributed by atoms with Crippen molar-refractivity contribution >= 4 is 23.8 Å². The highest BCUT2D eigenvalue weighted by Gasteiger charge is 2.72. The minimum atomic E-state index is -1.94. The van der Waals surface area contributed by atoms with E-state index >= 15 is 0 Å². The van der Waals surface area contributed by atoms with Crippen molar-refractivity contribution in [3.63, 3.8) is 0 Å². The molecule has 1 amide bonds. The first kappa shape index (κ1) is 53.1. The van der Waals surface area contributed by atoms with Crippen LogP contribution in [0, 0.1) is 71.0 Å². The summed E-state index contributed by atoms with van der Waals surface area (Å²) in [5.74, 6) is -6.43. The maximum absolute atomic E-state index is 14.8. The molecule has 4 unspecified atom stereocenters. The van der Waals surface area contributed by atoms with E-state index in [1.165, 1.54) is 6.92 Å². The molecule has 0 aromatic carbocycles. The van der Waals surface area contributed by atoms with E-state index in [9.17, 15) is 19.2 Å². The van der Waals surface area contributed by atoms with Crippen molar-refractivity contribution in [1.82, 2.24) is 5.32 Å². The number of ether oxygens (including phenoxy) is 9. The summed E-state index contributed by atoms with van der Waals surface area (Å²) in [6.45, 7) is 19.3. The van der Waals surface area contributed by atoms with Gasteiger partial charge in [0.15, 0.2) is 35.7 Å². The Morgan fingerprint density at radius 2 is 0.880 bits per heavy atom. The lowest BCUT2D eigenvalue weighted by Gasteiger charge is -2.60. The first-order chi connectivity index (χ1) is 35.5. The molecule has 15 rings (SSSR count). The zero-order valence-electron chi connectivity index (χ0n) is 45.5. The number of esters is 3. The molecule has 12 heterocycles. The zero-order valence-corrected chi connectivity index (χ0v) is 45.5. The summed E-state index contributed by atoms with van der Waals surface area (Å²) in [6, 6.07) is 0. The second kappa shape index (κ2) is 18.7. The third-order valence-electron chi connectivity index (χ3n) is 21.2. The van der Waals surface area contributed by atoms with Crippen LogP contribution in [0.1, 0.15) is 172 Å². The van der Waals surface area contributed by atoms with Crippen molar-refractivity contribution in [2.45, 2.75) is 249 Å². The van der Waals surface area contributed by atoms with Gasteiger partial charge in [0.25, 0.3) is 0 Å². The molecule has 420 valence electrons. The predicted molar refractivity (Wildman–Crippen MR) is 254 cm³/mol. The van der Waals surface area contributed by atoms with Crippen LogP contribution in [0.4, 0.5) is 0 Å². The van der Waals surface area contributed by atoms with Crippen LogP contribution in [0.25, 0.3) is 0 Å². The molecule has 75 heavy (non-hydrogen) atoms. The molecule has 0 aromatic rings. The Balaban J connectivity index is 0.820. The molecule has 15 aliphatic rings. The van der Waals surface area contributed by atoms with Crippen LogP contribution in [0.3, 0.4) is 0 Å². The maximum Gasteiger partial charge on any atom is 0.310 e. The number of nitrogens with one attached hydrogen (secondary N) is 1. The molecule has 1 N–H and O–H groups in total. The zero-order chi connectivity index (χ0) is 52.8. The molecule has 25 atom stereocenters. The Morgan fingerprint density at radius 3 is 1.36 bits per heavy atom. The molecule has 3 saturated carbocycles. The van der Waals surface area contributed by atoms with Gasteiger partial charge in [-0.1, -0.05) is 48.0 Å². The van der Waals surface area contributed by atoms with E-state index in [0.717, 1.165) is 57.8 Å². The Morgan fingerprint density at radius 1 is 0.480 bits per heavy atom. The highest BCUT2D eigenvalue weighted by molar-refractivity contribution is 5.83. The molecular formula is C55H81NO19. The molecule has 7 bridgehead atoms. The average molecular weight is 1060 g/mol. The number of carbonyl (C=O) groups excluding carboxylic acids is 4. The van der Waals surface area contributed by atoms with Crippen LogP contribution in [0.5, 0.6) is 0 Å². The minimum Gasteiger partial charge on any atom is -0.435 e. The van der Waals surface area contributed by atoms with Crippen LogP contribution >= 0.6 is 0 Å².